The first kappa shape index (κ1) is 21.3. The van der Waals surface area contributed by atoms with Crippen molar-refractivity contribution in [2.45, 2.75) is 26.2 Å². The van der Waals surface area contributed by atoms with Crippen LogP contribution in [0.5, 0.6) is 0 Å². The van der Waals surface area contributed by atoms with Gasteiger partial charge in [-0.25, -0.2) is 0 Å². The van der Waals surface area contributed by atoms with Crippen LogP contribution in [-0.4, -0.2) is 43.2 Å². The van der Waals surface area contributed by atoms with E-state index in [-0.39, 0.29) is 23.7 Å². The number of hydrogen-bond donors (Lipinski definition) is 2. The lowest BCUT2D eigenvalue weighted by Gasteiger charge is -2.32. The second kappa shape index (κ2) is 7.78. The van der Waals surface area contributed by atoms with Gasteiger partial charge in [0.15, 0.2) is 5.78 Å². The Bertz CT molecular complexity index is 1080. The molecule has 3 rings (SSSR count). The molecule has 1 aliphatic rings. The van der Waals surface area contributed by atoms with E-state index in [1.807, 2.05) is 55.4 Å². The Hall–Kier alpha value is -3.41. The first-order valence-electron chi connectivity index (χ1n) is 9.72. The number of benzene rings is 2. The number of carbonyl (C=O) groups excluding carboxylic acids is 3. The summed E-state index contributed by atoms with van der Waals surface area (Å²) in [4.78, 5) is 38.8. The second-order valence-electron chi connectivity index (χ2n) is 8.27. The Morgan fingerprint density at radius 1 is 1.07 bits per heavy atom. The summed E-state index contributed by atoms with van der Waals surface area (Å²) >= 11 is 0. The molecule has 2 aromatic carbocycles. The molecule has 0 bridgehead atoms. The minimum absolute atomic E-state index is 0.201. The first-order valence-corrected chi connectivity index (χ1v) is 9.72. The van der Waals surface area contributed by atoms with Gasteiger partial charge in [0.2, 0.25) is 0 Å². The highest BCUT2D eigenvalue weighted by molar-refractivity contribution is 6.28. The maximum absolute atomic E-state index is 13.0. The Balaban J connectivity index is 2.13. The van der Waals surface area contributed by atoms with Gasteiger partial charge in [-0.15, -0.1) is 0 Å². The minimum Gasteiger partial charge on any atom is -0.506 e. The zero-order valence-electron chi connectivity index (χ0n) is 17.9. The van der Waals surface area contributed by atoms with Crippen LogP contribution in [0.25, 0.3) is 16.9 Å². The molecule has 0 atom stereocenters. The molecule has 0 fully saturated rings. The van der Waals surface area contributed by atoms with Gasteiger partial charge in [0.25, 0.3) is 5.91 Å². The third kappa shape index (κ3) is 3.73. The molecule has 0 saturated carbocycles. The molecular weight excluding hydrogens is 380 g/mol. The number of aliphatic hydroxyl groups excluding tert-OH is 1. The predicted molar refractivity (Wildman–Crippen MR) is 117 cm³/mol. The van der Waals surface area contributed by atoms with Gasteiger partial charge in [-0.1, -0.05) is 24.3 Å². The number of hydrogen-bond acceptors (Lipinski definition) is 5. The number of nitrogens with one attached hydrogen (secondary N) is 1. The van der Waals surface area contributed by atoms with Crippen LogP contribution in [0.2, 0.25) is 0 Å². The van der Waals surface area contributed by atoms with E-state index < -0.39 is 17.1 Å². The van der Waals surface area contributed by atoms with Crippen LogP contribution in [0.4, 0.5) is 5.69 Å². The number of nitrogens with zero attached hydrogens (tertiary/aromatic N) is 1. The largest absolute Gasteiger partial charge is 0.506 e. The van der Waals surface area contributed by atoms with Crippen molar-refractivity contribution in [3.05, 3.63) is 59.2 Å². The van der Waals surface area contributed by atoms with Crippen molar-refractivity contribution in [2.24, 2.45) is 0 Å². The zero-order chi connectivity index (χ0) is 22.2. The van der Waals surface area contributed by atoms with Gasteiger partial charge in [-0.2, -0.15) is 0 Å². The average Bonchev–Trinajstić information content (AvgIpc) is 2.71. The summed E-state index contributed by atoms with van der Waals surface area (Å²) in [5, 5.41) is 13.3. The Morgan fingerprint density at radius 3 is 2.37 bits per heavy atom. The van der Waals surface area contributed by atoms with E-state index in [4.69, 9.17) is 0 Å². The fraction of sp³-hybridized carbons (Fsp3) is 0.292. The molecule has 156 valence electrons. The van der Waals surface area contributed by atoms with Crippen molar-refractivity contribution in [2.75, 3.05) is 25.5 Å². The lowest BCUT2D eigenvalue weighted by atomic mass is 9.70. The molecule has 30 heavy (non-hydrogen) atoms. The standard InChI is InChI=1S/C24H26N2O4/c1-14(27)13-25-23(30)20-21(28)18-12-16(9-10-19(18)24(2,3)22(20)29)15-7-6-8-17(11-15)26(4)5/h6-12,28H,13H2,1-5H3,(H,25,30). The molecule has 2 N–H and O–H groups in total. The molecule has 6 nitrogen and oxygen atoms in total. The summed E-state index contributed by atoms with van der Waals surface area (Å²) < 4.78 is 0. The summed E-state index contributed by atoms with van der Waals surface area (Å²) in [5.41, 5.74) is 2.64. The third-order valence-corrected chi connectivity index (χ3v) is 5.40. The maximum atomic E-state index is 13.0. The van der Waals surface area contributed by atoms with Crippen LogP contribution >= 0.6 is 0 Å². The van der Waals surface area contributed by atoms with Crippen LogP contribution in [-0.2, 0) is 19.8 Å². The summed E-state index contributed by atoms with van der Waals surface area (Å²) in [6, 6.07) is 13.5. The molecule has 0 aliphatic heterocycles. The van der Waals surface area contributed by atoms with Crippen LogP contribution in [0.1, 0.15) is 31.9 Å². The molecule has 1 amide bonds. The van der Waals surface area contributed by atoms with E-state index in [0.29, 0.717) is 11.1 Å². The van der Waals surface area contributed by atoms with E-state index in [1.165, 1.54) is 6.92 Å². The topological polar surface area (TPSA) is 86.7 Å². The van der Waals surface area contributed by atoms with Gasteiger partial charge < -0.3 is 15.3 Å². The number of fused-ring (bicyclic) bond motifs is 1. The SMILES string of the molecule is CC(=O)CNC(=O)C1=C(O)c2cc(-c3cccc(N(C)C)c3)ccc2C(C)(C)C1=O. The number of rotatable bonds is 5. The van der Waals surface area contributed by atoms with Crippen molar-refractivity contribution in [1.82, 2.24) is 5.32 Å². The van der Waals surface area contributed by atoms with Crippen LogP contribution in [0, 0.1) is 0 Å². The van der Waals surface area contributed by atoms with E-state index in [9.17, 15) is 19.5 Å². The molecule has 0 radical (unpaired) electrons. The molecule has 0 unspecified atom stereocenters. The molecule has 0 heterocycles. The smallest absolute Gasteiger partial charge is 0.259 e. The number of Topliss-reactive ketones (excluding diaryl/α,β-unsaturated/α-hetero) is 2. The molecule has 6 heteroatoms. The summed E-state index contributed by atoms with van der Waals surface area (Å²) in [6.07, 6.45) is 0. The minimum atomic E-state index is -0.992. The average molecular weight is 406 g/mol. The van der Waals surface area contributed by atoms with E-state index >= 15 is 0 Å². The van der Waals surface area contributed by atoms with Gasteiger partial charge >= 0.3 is 0 Å². The molecule has 1 aliphatic carbocycles. The quantitative estimate of drug-likeness (QED) is 0.745. The Labute approximate surface area is 176 Å². The lowest BCUT2D eigenvalue weighted by molar-refractivity contribution is -0.126. The van der Waals surface area contributed by atoms with Crippen molar-refractivity contribution in [3.8, 4) is 11.1 Å². The van der Waals surface area contributed by atoms with Gasteiger partial charge in [0, 0.05) is 25.3 Å². The summed E-state index contributed by atoms with van der Waals surface area (Å²) in [6.45, 7) is 4.59. The summed E-state index contributed by atoms with van der Waals surface area (Å²) in [5.74, 6) is -1.82. The molecule has 0 saturated heterocycles. The highest BCUT2D eigenvalue weighted by Crippen LogP contribution is 2.41. The Kier molecular flexibility index (Phi) is 5.53. The second-order valence-corrected chi connectivity index (χ2v) is 8.27. The number of carbonyl (C=O) groups is 3. The molecule has 2 aromatic rings. The highest BCUT2D eigenvalue weighted by Gasteiger charge is 2.43. The maximum Gasteiger partial charge on any atom is 0.259 e. The highest BCUT2D eigenvalue weighted by atomic mass is 16.3. The van der Waals surface area contributed by atoms with Crippen LogP contribution < -0.4 is 10.2 Å². The first-order chi connectivity index (χ1) is 14.0. The van der Waals surface area contributed by atoms with Gasteiger partial charge in [-0.3, -0.25) is 14.4 Å². The van der Waals surface area contributed by atoms with E-state index in [1.54, 1.807) is 19.9 Å². The number of aliphatic hydroxyl groups is 1. The number of amides is 1. The van der Waals surface area contributed by atoms with Crippen molar-refractivity contribution in [3.63, 3.8) is 0 Å². The fourth-order valence-corrected chi connectivity index (χ4v) is 3.61. The van der Waals surface area contributed by atoms with Gasteiger partial charge in [0.1, 0.15) is 17.1 Å². The number of ketones is 2. The van der Waals surface area contributed by atoms with Crippen molar-refractivity contribution >= 4 is 28.9 Å². The third-order valence-electron chi connectivity index (χ3n) is 5.40. The van der Waals surface area contributed by atoms with Crippen LogP contribution in [0.15, 0.2) is 48.0 Å². The van der Waals surface area contributed by atoms with Gasteiger partial charge in [-0.05, 0) is 55.7 Å². The predicted octanol–water partition coefficient (Wildman–Crippen LogP) is 3.25. The fourth-order valence-electron chi connectivity index (χ4n) is 3.61. The zero-order valence-corrected chi connectivity index (χ0v) is 17.9. The van der Waals surface area contributed by atoms with E-state index in [0.717, 1.165) is 16.8 Å². The van der Waals surface area contributed by atoms with Gasteiger partial charge in [0.05, 0.1) is 12.0 Å². The van der Waals surface area contributed by atoms with Crippen molar-refractivity contribution in [1.29, 1.82) is 0 Å². The van der Waals surface area contributed by atoms with Crippen LogP contribution in [0.3, 0.4) is 0 Å². The normalized spacial score (nSPS) is 14.9. The molecule has 0 spiro atoms. The molecule has 0 aromatic heterocycles. The molecular formula is C24H26N2O4. The van der Waals surface area contributed by atoms with E-state index in [2.05, 4.69) is 5.32 Å². The number of anilines is 1. The Morgan fingerprint density at radius 2 is 1.73 bits per heavy atom. The summed E-state index contributed by atoms with van der Waals surface area (Å²) in [7, 11) is 3.92. The lowest BCUT2D eigenvalue weighted by Crippen LogP contribution is -2.42. The monoisotopic (exact) mass is 406 g/mol. The van der Waals surface area contributed by atoms with Crippen molar-refractivity contribution < 1.29 is 19.5 Å².